The van der Waals surface area contributed by atoms with Gasteiger partial charge >= 0.3 is 12.1 Å². The average molecular weight is 720 g/mol. The van der Waals surface area contributed by atoms with Gasteiger partial charge in [-0.3, -0.25) is 9.59 Å². The van der Waals surface area contributed by atoms with Gasteiger partial charge in [-0.25, -0.2) is 14.3 Å². The first-order valence-corrected chi connectivity index (χ1v) is 13.9. The van der Waals surface area contributed by atoms with E-state index in [4.69, 9.17) is 11.6 Å². The number of alkyl halides is 5. The summed E-state index contributed by atoms with van der Waals surface area (Å²) < 4.78 is 68.5. The van der Waals surface area contributed by atoms with E-state index >= 15 is 0 Å². The SMILES string of the molecule is Cc1cc(I)cc(C(=O)NC2CC2)c1CC(=O)c1cc(Cn2cc(C(F)(F)C(F)(F)F)nn2)nn1-c1ncccc1Cl. The molecule has 9 nitrogen and oxygen atoms in total. The summed E-state index contributed by atoms with van der Waals surface area (Å²) in [6.45, 7) is 1.40. The Morgan fingerprint density at radius 2 is 1.90 bits per heavy atom. The number of hydrogen-bond acceptors (Lipinski definition) is 6. The number of rotatable bonds is 9. The molecule has 220 valence electrons. The number of carbonyl (C=O) groups is 2. The molecule has 1 aliphatic carbocycles. The molecule has 0 atom stereocenters. The van der Waals surface area contributed by atoms with Gasteiger partial charge in [-0.15, -0.1) is 5.10 Å². The van der Waals surface area contributed by atoms with E-state index in [1.807, 2.05) is 6.07 Å². The van der Waals surface area contributed by atoms with Gasteiger partial charge in [-0.1, -0.05) is 16.8 Å². The molecule has 0 unspecified atom stereocenters. The molecule has 0 saturated heterocycles. The zero-order chi connectivity index (χ0) is 30.4. The van der Waals surface area contributed by atoms with Crippen LogP contribution in [0.3, 0.4) is 0 Å². The number of pyridine rings is 1. The first-order chi connectivity index (χ1) is 19.7. The van der Waals surface area contributed by atoms with Crippen molar-refractivity contribution in [2.45, 2.75) is 50.9 Å². The molecule has 42 heavy (non-hydrogen) atoms. The minimum absolute atomic E-state index is 0.00180. The Hall–Kier alpha value is -3.47. The van der Waals surface area contributed by atoms with E-state index in [1.54, 1.807) is 19.1 Å². The molecule has 16 heteroatoms. The summed E-state index contributed by atoms with van der Waals surface area (Å²) in [6.07, 6.45) is -2.40. The van der Waals surface area contributed by atoms with Gasteiger partial charge in [0.1, 0.15) is 5.69 Å². The molecule has 1 N–H and O–H groups in total. The van der Waals surface area contributed by atoms with Crippen molar-refractivity contribution in [3.05, 3.63) is 85.1 Å². The Labute approximate surface area is 253 Å². The second-order valence-corrected chi connectivity index (χ2v) is 11.4. The predicted octanol–water partition coefficient (Wildman–Crippen LogP) is 5.45. The number of benzene rings is 1. The highest BCUT2D eigenvalue weighted by atomic mass is 127. The maximum absolute atomic E-state index is 13.8. The molecule has 0 spiro atoms. The highest BCUT2D eigenvalue weighted by Gasteiger charge is 2.60. The highest BCUT2D eigenvalue weighted by Crippen LogP contribution is 2.42. The van der Waals surface area contributed by atoms with Crippen LogP contribution in [-0.4, -0.2) is 53.7 Å². The number of amides is 1. The normalized spacial score (nSPS) is 13.8. The molecular formula is C26H20ClF5IN7O2. The van der Waals surface area contributed by atoms with Crippen LogP contribution in [0, 0.1) is 10.5 Å². The van der Waals surface area contributed by atoms with Crippen LogP contribution in [0.1, 0.15) is 56.2 Å². The molecule has 1 fully saturated rings. The van der Waals surface area contributed by atoms with Crippen LogP contribution < -0.4 is 5.32 Å². The Morgan fingerprint density at radius 3 is 2.57 bits per heavy atom. The highest BCUT2D eigenvalue weighted by molar-refractivity contribution is 14.1. The Morgan fingerprint density at radius 1 is 1.17 bits per heavy atom. The van der Waals surface area contributed by atoms with E-state index in [2.05, 4.69) is 48.3 Å². The fourth-order valence-corrected chi connectivity index (χ4v) is 5.16. The molecule has 1 aromatic carbocycles. The van der Waals surface area contributed by atoms with Crippen LogP contribution >= 0.6 is 34.2 Å². The summed E-state index contributed by atoms with van der Waals surface area (Å²) in [4.78, 5) is 30.9. The summed E-state index contributed by atoms with van der Waals surface area (Å²) in [5.41, 5.74) is 0.0950. The minimum Gasteiger partial charge on any atom is -0.349 e. The van der Waals surface area contributed by atoms with E-state index in [1.165, 1.54) is 18.3 Å². The van der Waals surface area contributed by atoms with Gasteiger partial charge in [-0.2, -0.15) is 27.1 Å². The molecule has 0 aliphatic heterocycles. The lowest BCUT2D eigenvalue weighted by molar-refractivity contribution is -0.291. The molecule has 0 bridgehead atoms. The molecule has 0 radical (unpaired) electrons. The number of nitrogens with zero attached hydrogens (tertiary/aromatic N) is 6. The zero-order valence-electron chi connectivity index (χ0n) is 21.6. The van der Waals surface area contributed by atoms with E-state index in [-0.39, 0.29) is 40.6 Å². The first-order valence-electron chi connectivity index (χ1n) is 12.4. The van der Waals surface area contributed by atoms with Crippen LogP contribution in [0.15, 0.2) is 42.7 Å². The quantitative estimate of drug-likeness (QED) is 0.140. The second kappa shape index (κ2) is 11.3. The third-order valence-corrected chi connectivity index (χ3v) is 7.38. The van der Waals surface area contributed by atoms with Gasteiger partial charge in [0.15, 0.2) is 17.3 Å². The Balaban J connectivity index is 1.50. The van der Waals surface area contributed by atoms with Crippen LogP contribution in [0.2, 0.25) is 5.02 Å². The molecule has 1 amide bonds. The standard InChI is InChI=1S/C26H20ClF5IN7O2/c1-13-7-14(33)8-18(24(42)35-15-4-5-15)17(13)10-21(41)20-9-16(37-40(20)23-19(27)3-2-6-34-23)11-39-12-22(36-38-39)25(28,29)26(30,31)32/h2-3,6-9,12,15H,4-5,10-11H2,1H3,(H,35,42). The van der Waals surface area contributed by atoms with Crippen LogP contribution in [0.25, 0.3) is 5.82 Å². The average Bonchev–Trinajstić information content (AvgIpc) is 3.42. The summed E-state index contributed by atoms with van der Waals surface area (Å²) >= 11 is 8.41. The number of Topliss-reactive ketones (excluding diaryl/α,β-unsaturated/α-hetero) is 1. The number of hydrogen-bond donors (Lipinski definition) is 1. The van der Waals surface area contributed by atoms with Gasteiger partial charge < -0.3 is 5.32 Å². The molecule has 3 aromatic heterocycles. The molecule has 4 aromatic rings. The Kier molecular flexibility index (Phi) is 8.08. The van der Waals surface area contributed by atoms with Gasteiger partial charge in [0.05, 0.1) is 23.5 Å². The summed E-state index contributed by atoms with van der Waals surface area (Å²) in [5, 5.41) is 13.8. The van der Waals surface area contributed by atoms with E-state index in [9.17, 15) is 31.5 Å². The van der Waals surface area contributed by atoms with E-state index < -0.39 is 30.1 Å². The topological polar surface area (TPSA) is 108 Å². The van der Waals surface area contributed by atoms with Gasteiger partial charge in [0, 0.05) is 27.8 Å². The van der Waals surface area contributed by atoms with Crippen LogP contribution in [-0.2, 0) is 18.9 Å². The van der Waals surface area contributed by atoms with Crippen molar-refractivity contribution in [3.63, 3.8) is 0 Å². The summed E-state index contributed by atoms with van der Waals surface area (Å²) in [6, 6.07) is 8.06. The third kappa shape index (κ3) is 6.16. The first kappa shape index (κ1) is 30.0. The number of ketones is 1. The van der Waals surface area contributed by atoms with E-state index in [0.717, 1.165) is 31.3 Å². The number of halogens is 7. The van der Waals surface area contributed by atoms with Crippen molar-refractivity contribution in [1.82, 2.24) is 35.1 Å². The molecular weight excluding hydrogens is 700 g/mol. The van der Waals surface area contributed by atoms with Crippen molar-refractivity contribution >= 4 is 45.9 Å². The third-order valence-electron chi connectivity index (χ3n) is 6.46. The van der Waals surface area contributed by atoms with E-state index in [0.29, 0.717) is 17.3 Å². The number of aryl methyl sites for hydroxylation is 1. The van der Waals surface area contributed by atoms with Crippen molar-refractivity contribution in [3.8, 4) is 5.82 Å². The molecule has 1 aliphatic rings. The van der Waals surface area contributed by atoms with Gasteiger partial charge in [-0.05, 0) is 83.8 Å². The minimum atomic E-state index is -5.85. The Bertz CT molecular complexity index is 1680. The largest absolute Gasteiger partial charge is 0.459 e. The second-order valence-electron chi connectivity index (χ2n) is 9.71. The molecule has 3 heterocycles. The fraction of sp³-hybridized carbons (Fsp3) is 0.308. The molecule has 1 saturated carbocycles. The fourth-order valence-electron chi connectivity index (χ4n) is 4.18. The number of aromatic nitrogens is 6. The van der Waals surface area contributed by atoms with Crippen molar-refractivity contribution in [1.29, 1.82) is 0 Å². The van der Waals surface area contributed by atoms with Crippen molar-refractivity contribution < 1.29 is 31.5 Å². The van der Waals surface area contributed by atoms with Crippen LogP contribution in [0.5, 0.6) is 0 Å². The van der Waals surface area contributed by atoms with Crippen molar-refractivity contribution in [2.75, 3.05) is 0 Å². The van der Waals surface area contributed by atoms with Crippen LogP contribution in [0.4, 0.5) is 22.0 Å². The number of nitrogens with one attached hydrogen (secondary N) is 1. The summed E-state index contributed by atoms with van der Waals surface area (Å²) in [5.74, 6) is -5.88. The lowest BCUT2D eigenvalue weighted by Gasteiger charge is -2.16. The number of carbonyl (C=O) groups excluding carboxylic acids is 2. The lowest BCUT2D eigenvalue weighted by atomic mass is 9.95. The monoisotopic (exact) mass is 719 g/mol. The molecule has 5 rings (SSSR count). The smallest absolute Gasteiger partial charge is 0.349 e. The van der Waals surface area contributed by atoms with Crippen molar-refractivity contribution in [2.24, 2.45) is 0 Å². The van der Waals surface area contributed by atoms with Gasteiger partial charge in [0.25, 0.3) is 5.91 Å². The van der Waals surface area contributed by atoms with Gasteiger partial charge in [0.2, 0.25) is 0 Å². The summed E-state index contributed by atoms with van der Waals surface area (Å²) in [7, 11) is 0. The lowest BCUT2D eigenvalue weighted by Crippen LogP contribution is -2.34. The zero-order valence-corrected chi connectivity index (χ0v) is 24.5. The maximum atomic E-state index is 13.8. The predicted molar refractivity (Wildman–Crippen MR) is 148 cm³/mol. The maximum Gasteiger partial charge on any atom is 0.459 e.